The molecule has 3 nitrogen and oxygen atoms in total. The lowest BCUT2D eigenvalue weighted by Crippen LogP contribution is -2.34. The fourth-order valence-electron chi connectivity index (χ4n) is 2.05. The molecule has 1 fully saturated rings. The molecule has 0 atom stereocenters. The summed E-state index contributed by atoms with van der Waals surface area (Å²) >= 11 is 0. The van der Waals surface area contributed by atoms with E-state index in [-0.39, 0.29) is 12.0 Å². The van der Waals surface area contributed by atoms with Crippen LogP contribution in [0.25, 0.3) is 0 Å². The summed E-state index contributed by atoms with van der Waals surface area (Å²) in [7, 11) is 0. The second-order valence-corrected chi connectivity index (χ2v) is 4.90. The van der Waals surface area contributed by atoms with Crippen molar-refractivity contribution < 1.29 is 8.78 Å². The van der Waals surface area contributed by atoms with E-state index in [1.54, 1.807) is 0 Å². The summed E-state index contributed by atoms with van der Waals surface area (Å²) in [6, 6.07) is 3.87. The quantitative estimate of drug-likeness (QED) is 0.635. The van der Waals surface area contributed by atoms with Gasteiger partial charge in [0.1, 0.15) is 11.6 Å². The molecule has 5 heteroatoms. The molecule has 0 bridgehead atoms. The van der Waals surface area contributed by atoms with E-state index in [0.29, 0.717) is 18.4 Å². The fourth-order valence-corrected chi connectivity index (χ4v) is 2.05. The zero-order chi connectivity index (χ0) is 13.7. The Morgan fingerprint density at radius 1 is 1.32 bits per heavy atom. The Hall–Kier alpha value is -1.65. The van der Waals surface area contributed by atoms with Gasteiger partial charge in [-0.1, -0.05) is 12.5 Å². The summed E-state index contributed by atoms with van der Waals surface area (Å²) in [5.41, 5.74) is 5.78. The van der Waals surface area contributed by atoms with Gasteiger partial charge in [-0.25, -0.2) is 8.78 Å². The molecule has 0 spiro atoms. The largest absolute Gasteiger partial charge is 0.370 e. The van der Waals surface area contributed by atoms with Crippen LogP contribution in [0.1, 0.15) is 24.8 Å². The molecule has 0 saturated heterocycles. The third kappa shape index (κ3) is 3.91. The minimum Gasteiger partial charge on any atom is -0.370 e. The highest BCUT2D eigenvalue weighted by Crippen LogP contribution is 2.26. The summed E-state index contributed by atoms with van der Waals surface area (Å²) in [4.78, 5) is 4.22. The Labute approximate surface area is 111 Å². The van der Waals surface area contributed by atoms with E-state index in [0.717, 1.165) is 6.54 Å². The molecule has 1 aromatic rings. The van der Waals surface area contributed by atoms with Gasteiger partial charge in [-0.05, 0) is 37.3 Å². The Morgan fingerprint density at radius 2 is 2.00 bits per heavy atom. The van der Waals surface area contributed by atoms with Crippen molar-refractivity contribution in [1.82, 2.24) is 5.32 Å². The molecule has 3 N–H and O–H groups in total. The van der Waals surface area contributed by atoms with Crippen molar-refractivity contribution >= 4 is 5.96 Å². The number of aliphatic imine (C=N–C) groups is 1. The molecular weight excluding hydrogens is 248 g/mol. The number of nitrogens with two attached hydrogens (primary N) is 1. The third-order valence-corrected chi connectivity index (χ3v) is 3.49. The van der Waals surface area contributed by atoms with E-state index < -0.39 is 11.6 Å². The molecule has 104 valence electrons. The van der Waals surface area contributed by atoms with Gasteiger partial charge in [-0.15, -0.1) is 0 Å². The normalized spacial score (nSPS) is 16.2. The lowest BCUT2D eigenvalue weighted by Gasteiger charge is -2.23. The number of nitrogens with zero attached hydrogens (tertiary/aromatic N) is 1. The summed E-state index contributed by atoms with van der Waals surface area (Å²) in [6.07, 6.45) is 3.96. The summed E-state index contributed by atoms with van der Waals surface area (Å²) < 4.78 is 26.7. The first-order valence-corrected chi connectivity index (χ1v) is 6.63. The Bertz CT molecular complexity index is 436. The van der Waals surface area contributed by atoms with Crippen LogP contribution in [0, 0.1) is 17.6 Å². The second kappa shape index (κ2) is 6.50. The van der Waals surface area contributed by atoms with Crippen molar-refractivity contribution in [3.05, 3.63) is 35.4 Å². The number of halogens is 2. The predicted molar refractivity (Wildman–Crippen MR) is 71.9 cm³/mol. The van der Waals surface area contributed by atoms with Gasteiger partial charge in [0.05, 0.1) is 0 Å². The Morgan fingerprint density at radius 3 is 2.58 bits per heavy atom. The first-order chi connectivity index (χ1) is 9.16. The van der Waals surface area contributed by atoms with Gasteiger partial charge in [0.25, 0.3) is 0 Å². The number of guanidine groups is 1. The number of rotatable bonds is 5. The molecule has 0 aromatic heterocycles. The zero-order valence-electron chi connectivity index (χ0n) is 10.8. The molecule has 1 aromatic carbocycles. The van der Waals surface area contributed by atoms with E-state index in [9.17, 15) is 8.78 Å². The molecule has 0 unspecified atom stereocenters. The molecule has 19 heavy (non-hydrogen) atoms. The SMILES string of the molecule is NC(=NCC1CCC1)NCCc1c(F)cccc1F. The Balaban J connectivity index is 1.76. The smallest absolute Gasteiger partial charge is 0.188 e. The van der Waals surface area contributed by atoms with Gasteiger partial charge < -0.3 is 11.1 Å². The van der Waals surface area contributed by atoms with Gasteiger partial charge in [0.2, 0.25) is 0 Å². The topological polar surface area (TPSA) is 50.4 Å². The van der Waals surface area contributed by atoms with Crippen LogP contribution >= 0.6 is 0 Å². The molecule has 0 amide bonds. The molecule has 1 aliphatic carbocycles. The van der Waals surface area contributed by atoms with E-state index in [1.807, 2.05) is 0 Å². The van der Waals surface area contributed by atoms with Crippen LogP contribution in [0.3, 0.4) is 0 Å². The van der Waals surface area contributed by atoms with Crippen LogP contribution in [-0.2, 0) is 6.42 Å². The van der Waals surface area contributed by atoms with Crippen molar-refractivity contribution in [3.8, 4) is 0 Å². The molecule has 1 saturated carbocycles. The summed E-state index contributed by atoms with van der Waals surface area (Å²) in [5.74, 6) is -0.0356. The molecule has 0 heterocycles. The fraction of sp³-hybridized carbons (Fsp3) is 0.500. The van der Waals surface area contributed by atoms with Crippen molar-refractivity contribution in [2.24, 2.45) is 16.6 Å². The van der Waals surface area contributed by atoms with Crippen LogP contribution in [0.2, 0.25) is 0 Å². The molecule has 2 rings (SSSR count). The maximum atomic E-state index is 13.4. The first-order valence-electron chi connectivity index (χ1n) is 6.63. The standard InChI is InChI=1S/C14H19F2N3/c15-12-5-2-6-13(16)11(12)7-8-18-14(17)19-9-10-3-1-4-10/h2,5-6,10H,1,3-4,7-9H2,(H3,17,18,19). The van der Waals surface area contributed by atoms with Crippen molar-refractivity contribution in [2.45, 2.75) is 25.7 Å². The molecule has 1 aliphatic rings. The first kappa shape index (κ1) is 13.8. The van der Waals surface area contributed by atoms with E-state index in [1.165, 1.54) is 37.5 Å². The van der Waals surface area contributed by atoms with E-state index in [4.69, 9.17) is 5.73 Å². The second-order valence-electron chi connectivity index (χ2n) is 4.90. The molecule has 0 aliphatic heterocycles. The highest BCUT2D eigenvalue weighted by molar-refractivity contribution is 5.77. The lowest BCUT2D eigenvalue weighted by atomic mass is 9.86. The number of benzene rings is 1. The summed E-state index contributed by atoms with van der Waals surface area (Å²) in [5, 5.41) is 2.88. The summed E-state index contributed by atoms with van der Waals surface area (Å²) in [6.45, 7) is 1.12. The van der Waals surface area contributed by atoms with Crippen LogP contribution in [0.4, 0.5) is 8.78 Å². The number of hydrogen-bond donors (Lipinski definition) is 2. The van der Waals surface area contributed by atoms with Crippen LogP contribution in [0.5, 0.6) is 0 Å². The van der Waals surface area contributed by atoms with Gasteiger partial charge in [0.15, 0.2) is 5.96 Å². The predicted octanol–water partition coefficient (Wildman–Crippen LogP) is 2.21. The van der Waals surface area contributed by atoms with Gasteiger partial charge in [0, 0.05) is 18.7 Å². The number of hydrogen-bond acceptors (Lipinski definition) is 1. The lowest BCUT2D eigenvalue weighted by molar-refractivity contribution is 0.326. The van der Waals surface area contributed by atoms with Crippen molar-refractivity contribution in [2.75, 3.05) is 13.1 Å². The zero-order valence-corrected chi connectivity index (χ0v) is 10.8. The van der Waals surface area contributed by atoms with Gasteiger partial charge >= 0.3 is 0 Å². The van der Waals surface area contributed by atoms with Crippen LogP contribution < -0.4 is 11.1 Å². The van der Waals surface area contributed by atoms with Gasteiger partial charge in [-0.2, -0.15) is 0 Å². The minimum absolute atomic E-state index is 0.0850. The van der Waals surface area contributed by atoms with Crippen LogP contribution in [-0.4, -0.2) is 19.0 Å². The van der Waals surface area contributed by atoms with E-state index >= 15 is 0 Å². The van der Waals surface area contributed by atoms with Crippen molar-refractivity contribution in [1.29, 1.82) is 0 Å². The number of nitrogens with one attached hydrogen (secondary N) is 1. The minimum atomic E-state index is -0.522. The van der Waals surface area contributed by atoms with Crippen LogP contribution in [0.15, 0.2) is 23.2 Å². The third-order valence-electron chi connectivity index (χ3n) is 3.49. The van der Waals surface area contributed by atoms with Gasteiger partial charge in [-0.3, -0.25) is 4.99 Å². The average molecular weight is 267 g/mol. The Kier molecular flexibility index (Phi) is 4.71. The molecular formula is C14H19F2N3. The average Bonchev–Trinajstić information content (AvgIpc) is 2.31. The maximum Gasteiger partial charge on any atom is 0.188 e. The highest BCUT2D eigenvalue weighted by atomic mass is 19.1. The maximum absolute atomic E-state index is 13.4. The van der Waals surface area contributed by atoms with Crippen molar-refractivity contribution in [3.63, 3.8) is 0 Å². The highest BCUT2D eigenvalue weighted by Gasteiger charge is 2.16. The monoisotopic (exact) mass is 267 g/mol. The van der Waals surface area contributed by atoms with E-state index in [2.05, 4.69) is 10.3 Å². The molecule has 0 radical (unpaired) electrons.